The first-order chi connectivity index (χ1) is 17.4. The average Bonchev–Trinajstić information content (AvgIpc) is 2.90. The van der Waals surface area contributed by atoms with Crippen molar-refractivity contribution in [1.82, 2.24) is 0 Å². The van der Waals surface area contributed by atoms with Crippen LogP contribution in [0.2, 0.25) is 0 Å². The highest BCUT2D eigenvalue weighted by atomic mass is 16.6. The number of aliphatic hydroxyl groups is 1. The van der Waals surface area contributed by atoms with Gasteiger partial charge in [0.25, 0.3) is 0 Å². The van der Waals surface area contributed by atoms with Gasteiger partial charge in [0, 0.05) is 18.6 Å². The first-order valence-electron chi connectivity index (χ1n) is 11.0. The number of carbonyl (C=O) groups excluding carboxylic acids is 3. The maximum absolute atomic E-state index is 12.1. The van der Waals surface area contributed by atoms with E-state index in [4.69, 9.17) is 28.8 Å². The van der Waals surface area contributed by atoms with Crippen LogP contribution in [0.5, 0.6) is 17.2 Å². The van der Waals surface area contributed by atoms with E-state index >= 15 is 0 Å². The minimum atomic E-state index is -0.668. The largest absolute Gasteiger partial charge is 0.493 e. The maximum atomic E-state index is 12.1. The van der Waals surface area contributed by atoms with Crippen LogP contribution in [-0.4, -0.2) is 56.0 Å². The van der Waals surface area contributed by atoms with E-state index in [1.807, 2.05) is 0 Å². The number of rotatable bonds is 15. The van der Waals surface area contributed by atoms with Gasteiger partial charge < -0.3 is 28.8 Å². The lowest BCUT2D eigenvalue weighted by atomic mass is 10.2. The summed E-state index contributed by atoms with van der Waals surface area (Å²) in [7, 11) is 0. The van der Waals surface area contributed by atoms with Crippen LogP contribution in [0.3, 0.4) is 0 Å². The minimum absolute atomic E-state index is 0.0195. The van der Waals surface area contributed by atoms with Crippen LogP contribution < -0.4 is 14.2 Å². The maximum Gasteiger partial charge on any atom is 0.336 e. The van der Waals surface area contributed by atoms with Gasteiger partial charge in [-0.2, -0.15) is 0 Å². The fourth-order valence-corrected chi connectivity index (χ4v) is 2.53. The van der Waals surface area contributed by atoms with Crippen molar-refractivity contribution >= 4 is 24.0 Å². The van der Waals surface area contributed by atoms with E-state index in [0.29, 0.717) is 30.3 Å². The topological polar surface area (TPSA) is 118 Å². The summed E-state index contributed by atoms with van der Waals surface area (Å²) in [5.41, 5.74) is 0.737. The van der Waals surface area contributed by atoms with Crippen LogP contribution in [0.1, 0.15) is 12.0 Å². The zero-order chi connectivity index (χ0) is 26.2. The van der Waals surface area contributed by atoms with Gasteiger partial charge in [0.2, 0.25) is 0 Å². The number of ether oxygens (including phenoxy) is 5. The highest BCUT2D eigenvalue weighted by Crippen LogP contribution is 2.18. The van der Waals surface area contributed by atoms with Gasteiger partial charge in [-0.05, 0) is 48.0 Å². The van der Waals surface area contributed by atoms with E-state index in [9.17, 15) is 14.4 Å². The molecule has 0 atom stereocenters. The fourth-order valence-electron chi connectivity index (χ4n) is 2.53. The van der Waals surface area contributed by atoms with Crippen LogP contribution >= 0.6 is 0 Å². The molecule has 0 fully saturated rings. The van der Waals surface area contributed by atoms with Crippen molar-refractivity contribution in [3.05, 3.63) is 85.0 Å². The van der Waals surface area contributed by atoms with Gasteiger partial charge in [0.05, 0.1) is 25.4 Å². The van der Waals surface area contributed by atoms with E-state index in [2.05, 4.69) is 13.2 Å². The number of hydrogen-bond donors (Lipinski definition) is 1. The van der Waals surface area contributed by atoms with Gasteiger partial charge in [-0.1, -0.05) is 25.3 Å². The smallest absolute Gasteiger partial charge is 0.336 e. The molecule has 2 aromatic carbocycles. The van der Waals surface area contributed by atoms with Crippen molar-refractivity contribution in [2.24, 2.45) is 0 Å². The summed E-state index contributed by atoms with van der Waals surface area (Å²) in [6.45, 7) is 7.00. The molecule has 0 aliphatic heterocycles. The molecule has 0 aliphatic carbocycles. The zero-order valence-electron chi connectivity index (χ0n) is 19.7. The van der Waals surface area contributed by atoms with Crippen molar-refractivity contribution in [1.29, 1.82) is 0 Å². The summed E-state index contributed by atoms with van der Waals surface area (Å²) in [6, 6.07) is 13.5. The minimum Gasteiger partial charge on any atom is -0.493 e. The molecule has 9 nitrogen and oxygen atoms in total. The van der Waals surface area contributed by atoms with E-state index in [1.54, 1.807) is 54.6 Å². The molecule has 0 aliphatic rings. The zero-order valence-corrected chi connectivity index (χ0v) is 19.7. The van der Waals surface area contributed by atoms with Crippen LogP contribution in [0.25, 0.3) is 6.08 Å². The second kappa shape index (κ2) is 15.5. The van der Waals surface area contributed by atoms with Gasteiger partial charge in [-0.3, -0.25) is 0 Å². The monoisotopic (exact) mass is 496 g/mol. The third-order valence-corrected chi connectivity index (χ3v) is 4.37. The summed E-state index contributed by atoms with van der Waals surface area (Å²) in [6.07, 6.45) is 4.54. The summed E-state index contributed by atoms with van der Waals surface area (Å²) in [5, 5.41) is 8.80. The Hall–Kier alpha value is -4.37. The summed E-state index contributed by atoms with van der Waals surface area (Å²) in [5.74, 6) is -0.161. The van der Waals surface area contributed by atoms with Gasteiger partial charge in [0.15, 0.2) is 0 Å². The predicted octanol–water partition coefficient (Wildman–Crippen LogP) is 3.27. The molecule has 1 N–H and O–H groups in total. The second-order valence-corrected chi connectivity index (χ2v) is 7.11. The SMILES string of the molecule is C=CC(=O)OCCCOc1ccc(OC(=O)/C=C/c2ccc(OCCOC(=O)C(=C)CO)cc2)cc1. The first kappa shape index (κ1) is 27.9. The second-order valence-electron chi connectivity index (χ2n) is 7.11. The van der Waals surface area contributed by atoms with Crippen molar-refractivity contribution in [2.45, 2.75) is 6.42 Å². The van der Waals surface area contributed by atoms with Crippen molar-refractivity contribution in [3.8, 4) is 17.2 Å². The number of esters is 3. The highest BCUT2D eigenvalue weighted by molar-refractivity contribution is 5.89. The van der Waals surface area contributed by atoms with Gasteiger partial charge in [0.1, 0.15) is 30.5 Å². The Morgan fingerprint density at radius 2 is 1.39 bits per heavy atom. The molecule has 0 spiro atoms. The number of benzene rings is 2. The van der Waals surface area contributed by atoms with E-state index in [1.165, 1.54) is 6.08 Å². The summed E-state index contributed by atoms with van der Waals surface area (Å²) >= 11 is 0. The molecule has 9 heteroatoms. The first-order valence-corrected chi connectivity index (χ1v) is 11.0. The quantitative estimate of drug-likeness (QED) is 0.172. The van der Waals surface area contributed by atoms with Gasteiger partial charge in [-0.15, -0.1) is 0 Å². The predicted molar refractivity (Wildman–Crippen MR) is 132 cm³/mol. The lowest BCUT2D eigenvalue weighted by molar-refractivity contribution is -0.140. The van der Waals surface area contributed by atoms with Crippen LogP contribution in [0, 0.1) is 0 Å². The number of aliphatic hydroxyl groups excluding tert-OH is 1. The molecule has 190 valence electrons. The van der Waals surface area contributed by atoms with Crippen LogP contribution in [0.15, 0.2) is 79.4 Å². The molecule has 0 aromatic heterocycles. The Morgan fingerprint density at radius 3 is 2.03 bits per heavy atom. The lowest BCUT2D eigenvalue weighted by Crippen LogP contribution is -2.14. The highest BCUT2D eigenvalue weighted by Gasteiger charge is 2.07. The molecule has 0 amide bonds. The normalized spacial score (nSPS) is 10.4. The third-order valence-electron chi connectivity index (χ3n) is 4.37. The van der Waals surface area contributed by atoms with Crippen LogP contribution in [0.4, 0.5) is 0 Å². The fraction of sp³-hybridized carbons (Fsp3) is 0.222. The van der Waals surface area contributed by atoms with E-state index < -0.39 is 24.5 Å². The molecular formula is C27H28O9. The van der Waals surface area contributed by atoms with Crippen molar-refractivity contribution < 1.29 is 43.2 Å². The molecule has 2 rings (SSSR count). The molecule has 0 heterocycles. The molecule has 36 heavy (non-hydrogen) atoms. The average molecular weight is 497 g/mol. The van der Waals surface area contributed by atoms with E-state index in [0.717, 1.165) is 11.6 Å². The lowest BCUT2D eigenvalue weighted by Gasteiger charge is -2.08. The van der Waals surface area contributed by atoms with Crippen molar-refractivity contribution in [2.75, 3.05) is 33.0 Å². The van der Waals surface area contributed by atoms with Gasteiger partial charge in [-0.25, -0.2) is 14.4 Å². The Morgan fingerprint density at radius 1 is 0.778 bits per heavy atom. The Kier molecular flexibility index (Phi) is 12.0. The number of hydrogen-bond acceptors (Lipinski definition) is 9. The van der Waals surface area contributed by atoms with Crippen molar-refractivity contribution in [3.63, 3.8) is 0 Å². The molecular weight excluding hydrogens is 468 g/mol. The summed E-state index contributed by atoms with van der Waals surface area (Å²) in [4.78, 5) is 34.4. The molecule has 0 unspecified atom stereocenters. The molecule has 0 radical (unpaired) electrons. The van der Waals surface area contributed by atoms with Crippen LogP contribution in [-0.2, 0) is 23.9 Å². The summed E-state index contributed by atoms with van der Waals surface area (Å²) < 4.78 is 26.0. The third kappa shape index (κ3) is 10.7. The standard InChI is InChI=1S/C27H28O9/c1-3-25(29)34-16-4-15-32-23-10-12-24(13-11-23)36-26(30)14-7-21-5-8-22(9-6-21)33-17-18-35-27(31)20(2)19-28/h3,5-14,28H,1-2,4,15-19H2/b14-7+. The van der Waals surface area contributed by atoms with E-state index in [-0.39, 0.29) is 25.4 Å². The Bertz CT molecular complexity index is 1050. The molecule has 0 bridgehead atoms. The number of carbonyl (C=O) groups is 3. The molecule has 0 saturated carbocycles. The van der Waals surface area contributed by atoms with Gasteiger partial charge >= 0.3 is 17.9 Å². The molecule has 0 saturated heterocycles. The molecule has 2 aromatic rings. The Labute approximate surface area is 209 Å². The Balaban J connectivity index is 1.69.